The van der Waals surface area contributed by atoms with Crippen molar-refractivity contribution in [2.75, 3.05) is 0 Å². The molecule has 0 fully saturated rings. The molecule has 1 aromatic carbocycles. The number of hydrogen-bond acceptors (Lipinski definition) is 0. The van der Waals surface area contributed by atoms with E-state index in [-0.39, 0.29) is 33.2 Å². The van der Waals surface area contributed by atoms with Gasteiger partial charge in [-0.1, -0.05) is 125 Å². The van der Waals surface area contributed by atoms with Gasteiger partial charge in [-0.25, -0.2) is 0 Å². The molecule has 0 N–H and O–H groups in total. The van der Waals surface area contributed by atoms with Crippen LogP contribution >= 0.6 is 0 Å². The molecule has 41 heavy (non-hydrogen) atoms. The molecule has 2 aliphatic rings. The number of hydrogen-bond donors (Lipinski definition) is 0. The average molecular weight is 602 g/mol. The van der Waals surface area contributed by atoms with Crippen molar-refractivity contribution in [3.63, 3.8) is 0 Å². The SMILES string of the molecule is CC(C)(C)[N-]C(C)(C)C.CC(C)(C)[N-]C(C)(C)C.CC(C)(C)[N-]C(C)(C)C.[Ti+3][CH]1CCCC2=C1Cc1ccccc12. The fourth-order valence-electron chi connectivity index (χ4n) is 5.76. The Labute approximate surface area is 269 Å². The van der Waals surface area contributed by atoms with E-state index in [1.807, 2.05) is 0 Å². The number of fused-ring (bicyclic) bond motifs is 2. The molecule has 0 saturated carbocycles. The van der Waals surface area contributed by atoms with Crippen molar-refractivity contribution < 1.29 is 20.4 Å². The van der Waals surface area contributed by atoms with Crippen LogP contribution in [-0.4, -0.2) is 33.2 Å². The molecule has 0 aromatic heterocycles. The normalized spacial score (nSPS) is 17.7. The molecule has 234 valence electrons. The van der Waals surface area contributed by atoms with Crippen molar-refractivity contribution in [3.05, 3.63) is 56.9 Å². The Hall–Kier alpha value is -0.446. The molecule has 1 atom stereocenters. The Morgan fingerprint density at radius 1 is 0.561 bits per heavy atom. The first-order valence-electron chi connectivity index (χ1n) is 15.7. The van der Waals surface area contributed by atoms with Gasteiger partial charge >= 0.3 is 96.9 Å². The Morgan fingerprint density at radius 3 is 1.22 bits per heavy atom. The standard InChI is InChI=1S/C13H13.3C8H18N.Ti/c1-3-7-12-10(5-1)9-11-6-2-4-8-13(11)12;3*1-7(2,3)9-8(4,5)6;/h1,3,5-7H,2,4,8-9H2;3*1-6H3;/q;3*-1;+3. The monoisotopic (exact) mass is 601 g/mol. The van der Waals surface area contributed by atoms with Gasteiger partial charge in [0.15, 0.2) is 0 Å². The van der Waals surface area contributed by atoms with Gasteiger partial charge in [-0.3, -0.25) is 0 Å². The third kappa shape index (κ3) is 21.8. The molecule has 3 rings (SSSR count). The maximum absolute atomic E-state index is 4.54. The van der Waals surface area contributed by atoms with Crippen LogP contribution in [0.4, 0.5) is 0 Å². The molecule has 0 aliphatic heterocycles. The van der Waals surface area contributed by atoms with E-state index in [4.69, 9.17) is 0 Å². The van der Waals surface area contributed by atoms with Gasteiger partial charge in [0, 0.05) is 0 Å². The molecule has 0 saturated heterocycles. The molecule has 1 aromatic rings. The second-order valence-electron chi connectivity index (χ2n) is 17.6. The summed E-state index contributed by atoms with van der Waals surface area (Å²) < 4.78 is 0.825. The van der Waals surface area contributed by atoms with Crippen LogP contribution < -0.4 is 0 Å². The second-order valence-corrected chi connectivity index (χ2v) is 18.7. The summed E-state index contributed by atoms with van der Waals surface area (Å²) in [6.45, 7) is 38.2. The topological polar surface area (TPSA) is 42.3 Å². The predicted octanol–water partition coefficient (Wildman–Crippen LogP) is 12.4. The quantitative estimate of drug-likeness (QED) is 0.266. The third-order valence-electron chi connectivity index (χ3n) is 5.46. The van der Waals surface area contributed by atoms with E-state index in [9.17, 15) is 0 Å². The van der Waals surface area contributed by atoms with Gasteiger partial charge in [0.25, 0.3) is 0 Å². The van der Waals surface area contributed by atoms with Gasteiger partial charge in [-0.05, 0) is 0 Å². The summed E-state index contributed by atoms with van der Waals surface area (Å²) in [5, 5.41) is 13.6. The van der Waals surface area contributed by atoms with Crippen LogP contribution in [0.5, 0.6) is 0 Å². The van der Waals surface area contributed by atoms with E-state index in [1.54, 1.807) is 22.3 Å². The van der Waals surface area contributed by atoms with Gasteiger partial charge in [0.05, 0.1) is 0 Å². The van der Waals surface area contributed by atoms with E-state index >= 15 is 0 Å². The zero-order valence-electron chi connectivity index (χ0n) is 30.6. The van der Waals surface area contributed by atoms with Crippen molar-refractivity contribution >= 4 is 5.57 Å². The summed E-state index contributed by atoms with van der Waals surface area (Å²) in [4.78, 5) is 0. The van der Waals surface area contributed by atoms with E-state index in [0.717, 1.165) is 4.22 Å². The first kappa shape index (κ1) is 40.6. The molecular formula is C37H67N3Ti. The Bertz CT molecular complexity index is 835. The van der Waals surface area contributed by atoms with Crippen LogP contribution in [0.25, 0.3) is 21.5 Å². The molecule has 0 spiro atoms. The van der Waals surface area contributed by atoms with Gasteiger partial charge in [-0.2, -0.15) is 0 Å². The Morgan fingerprint density at radius 2 is 0.902 bits per heavy atom. The second kappa shape index (κ2) is 15.5. The van der Waals surface area contributed by atoms with Gasteiger partial charge in [-0.15, -0.1) is 33.2 Å². The van der Waals surface area contributed by atoms with E-state index < -0.39 is 0 Å². The van der Waals surface area contributed by atoms with Gasteiger partial charge in [0.2, 0.25) is 0 Å². The van der Waals surface area contributed by atoms with Crippen LogP contribution in [0, 0.1) is 0 Å². The summed E-state index contributed by atoms with van der Waals surface area (Å²) in [5.41, 5.74) is 7.18. The minimum atomic E-state index is 0.109. The van der Waals surface area contributed by atoms with E-state index in [0.29, 0.717) is 0 Å². The van der Waals surface area contributed by atoms with E-state index in [1.165, 1.54) is 25.7 Å². The van der Waals surface area contributed by atoms with Crippen LogP contribution in [0.2, 0.25) is 4.22 Å². The van der Waals surface area contributed by atoms with Crippen molar-refractivity contribution in [1.29, 1.82) is 0 Å². The number of nitrogens with zero attached hydrogens (tertiary/aromatic N) is 3. The summed E-state index contributed by atoms with van der Waals surface area (Å²) in [6, 6.07) is 8.94. The first-order valence-corrected chi connectivity index (χ1v) is 16.6. The van der Waals surface area contributed by atoms with Gasteiger partial charge in [0.1, 0.15) is 0 Å². The van der Waals surface area contributed by atoms with Crippen molar-refractivity contribution in [2.24, 2.45) is 0 Å². The number of benzene rings is 1. The molecule has 2 aliphatic carbocycles. The fourth-order valence-corrected chi connectivity index (χ4v) is 6.51. The third-order valence-corrected chi connectivity index (χ3v) is 6.46. The van der Waals surface area contributed by atoms with Crippen LogP contribution in [-0.2, 0) is 26.9 Å². The molecule has 0 heterocycles. The summed E-state index contributed by atoms with van der Waals surface area (Å²) in [7, 11) is 0. The fraction of sp³-hybridized carbons (Fsp3) is 0.784. The zero-order valence-corrected chi connectivity index (χ0v) is 32.1. The van der Waals surface area contributed by atoms with Crippen LogP contribution in [0.3, 0.4) is 0 Å². The molecule has 0 amide bonds. The molecule has 1 unspecified atom stereocenters. The van der Waals surface area contributed by atoms with Crippen molar-refractivity contribution in [2.45, 2.75) is 188 Å². The average Bonchev–Trinajstić information content (AvgIpc) is 3.01. The first-order chi connectivity index (χ1) is 18.0. The minimum absolute atomic E-state index is 0.109. The molecule has 0 bridgehead atoms. The van der Waals surface area contributed by atoms with Crippen molar-refractivity contribution in [1.82, 2.24) is 0 Å². The van der Waals surface area contributed by atoms with Crippen molar-refractivity contribution in [3.8, 4) is 0 Å². The molecule has 4 heteroatoms. The summed E-state index contributed by atoms with van der Waals surface area (Å²) >= 11 is 2.39. The maximum atomic E-state index is 4.54. The number of rotatable bonds is 0. The van der Waals surface area contributed by atoms with Gasteiger partial charge < -0.3 is 16.0 Å². The Balaban J connectivity index is 0.000000537. The van der Waals surface area contributed by atoms with Crippen LogP contribution in [0.1, 0.15) is 155 Å². The summed E-state index contributed by atoms with van der Waals surface area (Å²) in [6.07, 6.45) is 5.32. The summed E-state index contributed by atoms with van der Waals surface area (Å²) in [5.74, 6) is 0. The molecule has 0 radical (unpaired) electrons. The zero-order chi connectivity index (χ0) is 32.7. The molecular weight excluding hydrogens is 534 g/mol. The Kier molecular flexibility index (Phi) is 15.3. The van der Waals surface area contributed by atoms with E-state index in [2.05, 4.69) is 185 Å². The van der Waals surface area contributed by atoms with Crippen LogP contribution in [0.15, 0.2) is 29.8 Å². The number of allylic oxidation sites excluding steroid dienone is 2. The molecule has 3 nitrogen and oxygen atoms in total. The predicted molar refractivity (Wildman–Crippen MR) is 183 cm³/mol.